The number of carbonyl (C=O) groups excluding carboxylic acids is 1. The lowest BCUT2D eigenvalue weighted by atomic mass is 9.87. The van der Waals surface area contributed by atoms with Crippen molar-refractivity contribution in [1.29, 1.82) is 0 Å². The van der Waals surface area contributed by atoms with E-state index in [1.165, 1.54) is 0 Å². The van der Waals surface area contributed by atoms with Crippen molar-refractivity contribution in [2.24, 2.45) is 5.73 Å². The van der Waals surface area contributed by atoms with E-state index in [1.807, 2.05) is 0 Å². The van der Waals surface area contributed by atoms with Crippen LogP contribution in [0.15, 0.2) is 12.1 Å². The van der Waals surface area contributed by atoms with E-state index in [4.69, 9.17) is 15.2 Å². The summed E-state index contributed by atoms with van der Waals surface area (Å²) in [6.07, 6.45) is 1.41. The maximum Gasteiger partial charge on any atom is 0.179 e. The highest BCUT2D eigenvalue weighted by Crippen LogP contribution is 2.36. The largest absolute Gasteiger partial charge is 0.493 e. The van der Waals surface area contributed by atoms with E-state index in [1.54, 1.807) is 26.4 Å². The number of methoxy groups -OCH3 is 2. The fourth-order valence-corrected chi connectivity index (χ4v) is 2.10. The van der Waals surface area contributed by atoms with Crippen LogP contribution in [0, 0.1) is 0 Å². The molecule has 1 unspecified atom stereocenters. The second kappa shape index (κ2) is 5.38. The first-order chi connectivity index (χ1) is 7.69. The van der Waals surface area contributed by atoms with Crippen LogP contribution < -0.4 is 15.2 Å². The van der Waals surface area contributed by atoms with Gasteiger partial charge in [0.25, 0.3) is 0 Å². The third-order valence-corrected chi connectivity index (χ3v) is 2.96. The van der Waals surface area contributed by atoms with Crippen LogP contribution in [-0.2, 0) is 6.42 Å². The van der Waals surface area contributed by atoms with Crippen molar-refractivity contribution >= 4 is 18.2 Å². The Morgan fingerprint density at radius 2 is 2.00 bits per heavy atom. The van der Waals surface area contributed by atoms with Gasteiger partial charge in [0.1, 0.15) is 0 Å². The van der Waals surface area contributed by atoms with Crippen LogP contribution in [0.25, 0.3) is 0 Å². The van der Waals surface area contributed by atoms with E-state index >= 15 is 0 Å². The molecule has 1 aliphatic carbocycles. The Labute approximate surface area is 106 Å². The van der Waals surface area contributed by atoms with Crippen molar-refractivity contribution in [2.45, 2.75) is 18.9 Å². The Morgan fingerprint density at radius 3 is 2.59 bits per heavy atom. The summed E-state index contributed by atoms with van der Waals surface area (Å²) in [7, 11) is 3.16. The lowest BCUT2D eigenvalue weighted by Crippen LogP contribution is -2.35. The average molecular weight is 258 g/mol. The van der Waals surface area contributed by atoms with Gasteiger partial charge in [-0.05, 0) is 25.0 Å². The third-order valence-electron chi connectivity index (χ3n) is 2.96. The van der Waals surface area contributed by atoms with Gasteiger partial charge in [-0.3, -0.25) is 4.79 Å². The zero-order valence-corrected chi connectivity index (χ0v) is 10.7. The standard InChI is InChI=1S/C12H15NO3.ClH/c1-15-10-6-4-7-8(12(10)16-2)3-5-9(13)11(7)14;/h4,6,9H,3,5,13H2,1-2H3;1H. The number of ether oxygens (including phenoxy) is 2. The summed E-state index contributed by atoms with van der Waals surface area (Å²) >= 11 is 0. The Hall–Kier alpha value is -1.26. The molecule has 0 amide bonds. The maximum absolute atomic E-state index is 11.9. The molecule has 94 valence electrons. The number of hydrogen-bond donors (Lipinski definition) is 1. The molecule has 0 heterocycles. The van der Waals surface area contributed by atoms with Crippen molar-refractivity contribution in [3.05, 3.63) is 23.3 Å². The second-order valence-electron chi connectivity index (χ2n) is 3.84. The molecule has 0 saturated heterocycles. The zero-order valence-electron chi connectivity index (χ0n) is 9.86. The van der Waals surface area contributed by atoms with Gasteiger partial charge in [0.2, 0.25) is 0 Å². The number of benzene rings is 1. The van der Waals surface area contributed by atoms with Crippen LogP contribution in [0.3, 0.4) is 0 Å². The monoisotopic (exact) mass is 257 g/mol. The van der Waals surface area contributed by atoms with E-state index < -0.39 is 0 Å². The minimum Gasteiger partial charge on any atom is -0.493 e. The molecular weight excluding hydrogens is 242 g/mol. The summed E-state index contributed by atoms with van der Waals surface area (Å²) in [6, 6.07) is 3.12. The molecular formula is C12H16ClNO3. The first-order valence-corrected chi connectivity index (χ1v) is 5.22. The van der Waals surface area contributed by atoms with Crippen molar-refractivity contribution in [3.63, 3.8) is 0 Å². The molecule has 2 rings (SSSR count). The Balaban J connectivity index is 0.00000144. The molecule has 0 radical (unpaired) electrons. The zero-order chi connectivity index (χ0) is 11.7. The average Bonchev–Trinajstić information content (AvgIpc) is 2.32. The molecule has 0 spiro atoms. The lowest BCUT2D eigenvalue weighted by molar-refractivity contribution is 0.0947. The molecule has 0 fully saturated rings. The van der Waals surface area contributed by atoms with Gasteiger partial charge in [-0.15, -0.1) is 12.4 Å². The van der Waals surface area contributed by atoms with Gasteiger partial charge in [-0.1, -0.05) is 0 Å². The number of rotatable bonds is 2. The molecule has 0 bridgehead atoms. The highest BCUT2D eigenvalue weighted by atomic mass is 35.5. The Bertz CT molecular complexity index is 434. The van der Waals surface area contributed by atoms with E-state index in [0.717, 1.165) is 12.0 Å². The second-order valence-corrected chi connectivity index (χ2v) is 3.84. The topological polar surface area (TPSA) is 61.6 Å². The third kappa shape index (κ3) is 2.23. The molecule has 0 saturated carbocycles. The van der Waals surface area contributed by atoms with Crippen LogP contribution in [0.5, 0.6) is 11.5 Å². The number of hydrogen-bond acceptors (Lipinski definition) is 4. The van der Waals surface area contributed by atoms with Crippen LogP contribution in [0.1, 0.15) is 22.3 Å². The fraction of sp³-hybridized carbons (Fsp3) is 0.417. The highest BCUT2D eigenvalue weighted by molar-refractivity contribution is 6.03. The summed E-state index contributed by atoms with van der Waals surface area (Å²) < 4.78 is 10.5. The van der Waals surface area contributed by atoms with Gasteiger partial charge in [0.15, 0.2) is 17.3 Å². The first-order valence-electron chi connectivity index (χ1n) is 5.22. The SMILES string of the molecule is COc1ccc2c(c1OC)CCC(N)C2=O.Cl. The minimum absolute atomic E-state index is 0. The molecule has 0 aromatic heterocycles. The molecule has 1 aromatic carbocycles. The molecule has 17 heavy (non-hydrogen) atoms. The number of halogens is 1. The molecule has 4 nitrogen and oxygen atoms in total. The van der Waals surface area contributed by atoms with E-state index in [9.17, 15) is 4.79 Å². The predicted octanol–water partition coefficient (Wildman–Crippen LogP) is 1.58. The van der Waals surface area contributed by atoms with Gasteiger partial charge in [-0.25, -0.2) is 0 Å². The minimum atomic E-state index is -0.384. The van der Waals surface area contributed by atoms with E-state index in [0.29, 0.717) is 23.5 Å². The molecule has 1 aromatic rings. The van der Waals surface area contributed by atoms with E-state index in [2.05, 4.69) is 0 Å². The van der Waals surface area contributed by atoms with Gasteiger partial charge in [-0.2, -0.15) is 0 Å². The summed E-state index contributed by atoms with van der Waals surface area (Å²) in [5, 5.41) is 0. The first kappa shape index (κ1) is 13.8. The molecule has 2 N–H and O–H groups in total. The Kier molecular flexibility index (Phi) is 4.37. The number of ketones is 1. The van der Waals surface area contributed by atoms with Gasteiger partial charge >= 0.3 is 0 Å². The summed E-state index contributed by atoms with van der Waals surface area (Å²) in [5.41, 5.74) is 7.31. The van der Waals surface area contributed by atoms with Crippen molar-refractivity contribution in [1.82, 2.24) is 0 Å². The normalized spacial score (nSPS) is 18.1. The van der Waals surface area contributed by atoms with Gasteiger partial charge in [0.05, 0.1) is 20.3 Å². The van der Waals surface area contributed by atoms with Gasteiger partial charge < -0.3 is 15.2 Å². The van der Waals surface area contributed by atoms with Crippen LogP contribution in [-0.4, -0.2) is 26.0 Å². The molecule has 5 heteroatoms. The van der Waals surface area contributed by atoms with Crippen LogP contribution in [0.4, 0.5) is 0 Å². The van der Waals surface area contributed by atoms with E-state index in [-0.39, 0.29) is 24.2 Å². The van der Waals surface area contributed by atoms with Gasteiger partial charge in [0, 0.05) is 11.1 Å². The van der Waals surface area contributed by atoms with Crippen molar-refractivity contribution < 1.29 is 14.3 Å². The van der Waals surface area contributed by atoms with Crippen LogP contribution >= 0.6 is 12.4 Å². The van der Waals surface area contributed by atoms with Crippen molar-refractivity contribution in [2.75, 3.05) is 14.2 Å². The Morgan fingerprint density at radius 1 is 1.29 bits per heavy atom. The van der Waals surface area contributed by atoms with Crippen molar-refractivity contribution in [3.8, 4) is 11.5 Å². The van der Waals surface area contributed by atoms with Crippen LogP contribution in [0.2, 0.25) is 0 Å². The smallest absolute Gasteiger partial charge is 0.179 e. The molecule has 1 aliphatic rings. The lowest BCUT2D eigenvalue weighted by Gasteiger charge is -2.23. The number of carbonyl (C=O) groups is 1. The predicted molar refractivity (Wildman–Crippen MR) is 67.4 cm³/mol. The summed E-state index contributed by atoms with van der Waals surface area (Å²) in [4.78, 5) is 11.9. The maximum atomic E-state index is 11.9. The fourth-order valence-electron chi connectivity index (χ4n) is 2.10. The summed E-state index contributed by atoms with van der Waals surface area (Å²) in [6.45, 7) is 0. The highest BCUT2D eigenvalue weighted by Gasteiger charge is 2.28. The number of Topliss-reactive ketones (excluding diaryl/α,β-unsaturated/α-hetero) is 1. The number of fused-ring (bicyclic) bond motifs is 1. The summed E-state index contributed by atoms with van der Waals surface area (Å²) in [5.74, 6) is 1.30. The molecule has 0 aliphatic heterocycles. The number of nitrogens with two attached hydrogens (primary N) is 1. The molecule has 1 atom stereocenters. The quantitative estimate of drug-likeness (QED) is 0.874.